The number of carbonyl (C=O) groups is 2. The third-order valence-corrected chi connectivity index (χ3v) is 9.26. The maximum absolute atomic E-state index is 14.3. The molecule has 2 aromatic heterocycles. The average molecular weight is 608 g/mol. The Morgan fingerprint density at radius 3 is 2.47 bits per heavy atom. The van der Waals surface area contributed by atoms with E-state index >= 15 is 0 Å². The SMILES string of the molecule is C=C/C=C(\C=C(\F)CCl)N1CC2(CCCC2)c2nc(C(=O)N3CCN(c4cc(C)c(C(=O)O)c(C)n4)CC3(C)C)ccc21. The van der Waals surface area contributed by atoms with Crippen molar-refractivity contribution in [2.24, 2.45) is 0 Å². The summed E-state index contributed by atoms with van der Waals surface area (Å²) in [4.78, 5) is 41.4. The van der Waals surface area contributed by atoms with E-state index in [0.29, 0.717) is 54.6 Å². The van der Waals surface area contributed by atoms with Gasteiger partial charge in [0.1, 0.15) is 17.3 Å². The number of carbonyl (C=O) groups excluding carboxylic acids is 1. The Labute approximate surface area is 257 Å². The molecule has 4 heterocycles. The van der Waals surface area contributed by atoms with Crippen LogP contribution in [-0.4, -0.2) is 69.4 Å². The van der Waals surface area contributed by atoms with Gasteiger partial charge >= 0.3 is 5.97 Å². The number of aryl methyl sites for hydroxylation is 2. The summed E-state index contributed by atoms with van der Waals surface area (Å²) in [5.74, 6) is -1.04. The quantitative estimate of drug-likeness (QED) is 0.291. The summed E-state index contributed by atoms with van der Waals surface area (Å²) in [5, 5.41) is 9.54. The van der Waals surface area contributed by atoms with Crippen molar-refractivity contribution in [2.45, 2.75) is 64.3 Å². The van der Waals surface area contributed by atoms with Crippen LogP contribution in [0.3, 0.4) is 0 Å². The zero-order chi connectivity index (χ0) is 31.1. The molecule has 2 aliphatic heterocycles. The number of rotatable bonds is 7. The highest BCUT2D eigenvalue weighted by Crippen LogP contribution is 2.51. The Kier molecular flexibility index (Phi) is 8.40. The third kappa shape index (κ3) is 5.67. The van der Waals surface area contributed by atoms with E-state index in [4.69, 9.17) is 16.6 Å². The minimum atomic E-state index is -0.985. The largest absolute Gasteiger partial charge is 0.478 e. The summed E-state index contributed by atoms with van der Waals surface area (Å²) in [6.07, 6.45) is 8.93. The van der Waals surface area contributed by atoms with Gasteiger partial charge in [-0.1, -0.05) is 25.5 Å². The van der Waals surface area contributed by atoms with E-state index in [1.165, 1.54) is 6.08 Å². The molecule has 1 N–H and O–H groups in total. The number of halogens is 2. The number of aromatic carboxylic acids is 1. The van der Waals surface area contributed by atoms with Gasteiger partial charge in [-0.25, -0.2) is 19.2 Å². The molecular formula is C33H39ClFN5O3. The summed E-state index contributed by atoms with van der Waals surface area (Å²) in [7, 11) is 0. The molecule has 1 saturated heterocycles. The van der Waals surface area contributed by atoms with Gasteiger partial charge in [0.25, 0.3) is 5.91 Å². The normalized spacial score (nSPS) is 19.6. The van der Waals surface area contributed by atoms with Gasteiger partial charge in [-0.15, -0.1) is 11.6 Å². The Morgan fingerprint density at radius 2 is 1.86 bits per heavy atom. The topological polar surface area (TPSA) is 89.9 Å². The lowest BCUT2D eigenvalue weighted by Gasteiger charge is -2.47. The van der Waals surface area contributed by atoms with Crippen molar-refractivity contribution in [1.29, 1.82) is 0 Å². The van der Waals surface area contributed by atoms with Crippen molar-refractivity contribution in [3.63, 3.8) is 0 Å². The number of hydrogen-bond acceptors (Lipinski definition) is 6. The van der Waals surface area contributed by atoms with Crippen LogP contribution >= 0.6 is 11.6 Å². The number of amides is 1. The number of nitrogens with zero attached hydrogens (tertiary/aromatic N) is 5. The standard InChI is InChI=1S/C33H39ClFN5O3/c1-6-9-24(17-23(35)18-34)39-20-33(12-7-8-13-33)29-26(39)11-10-25(37-29)30(41)40-15-14-38(19-32(40,4)5)27-16-21(2)28(31(42)43)22(3)36-27/h6,9-11,16-17H,1,7-8,12-15,18-20H2,2-5H3,(H,42,43)/b23-17+,24-9+. The van der Waals surface area contributed by atoms with E-state index in [-0.39, 0.29) is 22.8 Å². The Hall–Kier alpha value is -3.72. The van der Waals surface area contributed by atoms with Crippen molar-refractivity contribution in [2.75, 3.05) is 41.9 Å². The van der Waals surface area contributed by atoms with E-state index in [9.17, 15) is 19.1 Å². The van der Waals surface area contributed by atoms with E-state index in [0.717, 1.165) is 37.1 Å². The average Bonchev–Trinajstić information content (AvgIpc) is 3.56. The number of allylic oxidation sites excluding steroid dienone is 4. The monoisotopic (exact) mass is 607 g/mol. The first-order valence-electron chi connectivity index (χ1n) is 14.7. The van der Waals surface area contributed by atoms with Gasteiger partial charge in [0.05, 0.1) is 34.1 Å². The second-order valence-corrected chi connectivity index (χ2v) is 12.7. The Morgan fingerprint density at radius 1 is 1.14 bits per heavy atom. The van der Waals surface area contributed by atoms with Crippen molar-refractivity contribution in [1.82, 2.24) is 14.9 Å². The zero-order valence-corrected chi connectivity index (χ0v) is 26.0. The van der Waals surface area contributed by atoms with Crippen LogP contribution in [-0.2, 0) is 5.41 Å². The highest BCUT2D eigenvalue weighted by atomic mass is 35.5. The predicted molar refractivity (Wildman–Crippen MR) is 168 cm³/mol. The van der Waals surface area contributed by atoms with Crippen LogP contribution in [0.2, 0.25) is 0 Å². The fraction of sp³-hybridized carbons (Fsp3) is 0.455. The number of aromatic nitrogens is 2. The fourth-order valence-electron chi connectivity index (χ4n) is 7.02. The van der Waals surface area contributed by atoms with Crippen LogP contribution in [0.25, 0.3) is 0 Å². The van der Waals surface area contributed by atoms with Gasteiger partial charge in [0.15, 0.2) is 0 Å². The summed E-state index contributed by atoms with van der Waals surface area (Å²) in [6.45, 7) is 13.6. The molecule has 10 heteroatoms. The second-order valence-electron chi connectivity index (χ2n) is 12.4. The van der Waals surface area contributed by atoms with Gasteiger partial charge in [0, 0.05) is 37.3 Å². The molecule has 228 valence electrons. The van der Waals surface area contributed by atoms with Crippen molar-refractivity contribution in [3.8, 4) is 0 Å². The lowest BCUT2D eigenvalue weighted by atomic mass is 9.84. The number of carboxylic acid groups (broad SMARTS) is 1. The highest BCUT2D eigenvalue weighted by molar-refractivity contribution is 6.19. The second kappa shape index (κ2) is 11.8. The maximum Gasteiger partial charge on any atom is 0.337 e. The molecule has 0 aromatic carbocycles. The van der Waals surface area contributed by atoms with E-state index < -0.39 is 17.3 Å². The van der Waals surface area contributed by atoms with Gasteiger partial charge < -0.3 is 19.8 Å². The van der Waals surface area contributed by atoms with Crippen LogP contribution in [0.5, 0.6) is 0 Å². The van der Waals surface area contributed by atoms with Crippen molar-refractivity contribution in [3.05, 3.63) is 82.7 Å². The maximum atomic E-state index is 14.3. The number of carboxylic acids is 1. The summed E-state index contributed by atoms with van der Waals surface area (Å²) in [6, 6.07) is 5.52. The molecule has 2 fully saturated rings. The van der Waals surface area contributed by atoms with Crippen LogP contribution in [0, 0.1) is 13.8 Å². The van der Waals surface area contributed by atoms with Crippen LogP contribution in [0.15, 0.2) is 54.5 Å². The minimum Gasteiger partial charge on any atom is -0.478 e. The lowest BCUT2D eigenvalue weighted by Crippen LogP contribution is -2.61. The van der Waals surface area contributed by atoms with E-state index in [1.807, 2.05) is 30.9 Å². The Balaban J connectivity index is 1.43. The molecule has 1 spiro atoms. The number of hydrogen-bond donors (Lipinski definition) is 1. The lowest BCUT2D eigenvalue weighted by molar-refractivity contribution is 0.0506. The van der Waals surface area contributed by atoms with Crippen molar-refractivity contribution >= 4 is 35.0 Å². The number of anilines is 2. The first-order chi connectivity index (χ1) is 20.4. The third-order valence-electron chi connectivity index (χ3n) is 9.01. The predicted octanol–water partition coefficient (Wildman–Crippen LogP) is 6.33. The summed E-state index contributed by atoms with van der Waals surface area (Å²) in [5.41, 5.74) is 3.48. The van der Waals surface area contributed by atoms with Crippen LogP contribution < -0.4 is 9.80 Å². The molecule has 43 heavy (non-hydrogen) atoms. The Bertz CT molecular complexity index is 1510. The molecule has 0 bridgehead atoms. The van der Waals surface area contributed by atoms with E-state index in [2.05, 4.69) is 21.4 Å². The molecule has 1 amide bonds. The van der Waals surface area contributed by atoms with E-state index in [1.54, 1.807) is 32.1 Å². The first kappa shape index (κ1) is 30.7. The molecule has 8 nitrogen and oxygen atoms in total. The fourth-order valence-corrected chi connectivity index (χ4v) is 7.09. The molecular weight excluding hydrogens is 569 g/mol. The van der Waals surface area contributed by atoms with Gasteiger partial charge in [-0.2, -0.15) is 0 Å². The molecule has 0 radical (unpaired) electrons. The summed E-state index contributed by atoms with van der Waals surface area (Å²) >= 11 is 5.75. The van der Waals surface area contributed by atoms with Crippen LogP contribution in [0.1, 0.15) is 77.3 Å². The van der Waals surface area contributed by atoms with Crippen LogP contribution in [0.4, 0.5) is 15.9 Å². The number of piperazine rings is 1. The highest BCUT2D eigenvalue weighted by Gasteiger charge is 2.47. The van der Waals surface area contributed by atoms with Gasteiger partial charge in [0.2, 0.25) is 0 Å². The number of fused-ring (bicyclic) bond motifs is 2. The summed E-state index contributed by atoms with van der Waals surface area (Å²) < 4.78 is 14.3. The molecule has 0 atom stereocenters. The minimum absolute atomic E-state index is 0.129. The smallest absolute Gasteiger partial charge is 0.337 e. The molecule has 0 unspecified atom stereocenters. The van der Waals surface area contributed by atoms with Gasteiger partial charge in [-0.05, 0) is 76.5 Å². The molecule has 1 saturated carbocycles. The van der Waals surface area contributed by atoms with Gasteiger partial charge in [-0.3, -0.25) is 4.79 Å². The number of alkyl halides is 1. The molecule has 1 aliphatic carbocycles. The molecule has 2 aromatic rings. The zero-order valence-electron chi connectivity index (χ0n) is 25.3. The molecule has 3 aliphatic rings. The first-order valence-corrected chi connectivity index (χ1v) is 15.3. The number of pyridine rings is 2. The van der Waals surface area contributed by atoms with Crippen molar-refractivity contribution < 1.29 is 19.1 Å². The molecule has 5 rings (SSSR count).